The monoisotopic (exact) mass is 451 g/mol. The number of carbonyl (C=O) groups is 2. The van der Waals surface area contributed by atoms with Crippen LogP contribution in [0.1, 0.15) is 68.6 Å². The van der Waals surface area contributed by atoms with Gasteiger partial charge in [-0.3, -0.25) is 9.59 Å². The zero-order valence-electron chi connectivity index (χ0n) is 19.7. The van der Waals surface area contributed by atoms with Crippen LogP contribution >= 0.6 is 0 Å². The van der Waals surface area contributed by atoms with Crippen LogP contribution in [0, 0.1) is 0 Å². The van der Waals surface area contributed by atoms with Crippen LogP contribution in [0.15, 0.2) is 24.5 Å². The summed E-state index contributed by atoms with van der Waals surface area (Å²) in [6.45, 7) is 2.26. The largest absolute Gasteiger partial charge is 0.355 e. The Morgan fingerprint density at radius 1 is 1.06 bits per heavy atom. The van der Waals surface area contributed by atoms with E-state index >= 15 is 0 Å². The molecule has 176 valence electrons. The van der Waals surface area contributed by atoms with E-state index in [-0.39, 0.29) is 11.8 Å². The van der Waals surface area contributed by atoms with Crippen molar-refractivity contribution in [2.45, 2.75) is 70.4 Å². The minimum absolute atomic E-state index is 0.0907. The lowest BCUT2D eigenvalue weighted by atomic mass is 10.0. The van der Waals surface area contributed by atoms with Crippen LogP contribution in [0.4, 0.5) is 23.3 Å². The lowest BCUT2D eigenvalue weighted by Gasteiger charge is -2.38. The molecule has 2 aromatic heterocycles. The number of fused-ring (bicyclic) bond motifs is 1. The summed E-state index contributed by atoms with van der Waals surface area (Å²) in [5.41, 5.74) is 1.23. The van der Waals surface area contributed by atoms with E-state index < -0.39 is 0 Å². The number of nitrogens with zero attached hydrogens (tertiary/aromatic N) is 5. The standard InChI is InChI=1S/C24H33N7O2/c1-16-8-4-7-11-21(32)30(3)19-15-27-24(29-22(19)31(16)18-9-5-6-10-18)28-20-13-12-17(14-26-20)23(33)25-2/h12-16,18H,4-11H2,1-3H3,(H,25,33)(H,26,27,28,29)/t16-/m0/s1. The molecule has 9 nitrogen and oxygen atoms in total. The van der Waals surface area contributed by atoms with Crippen molar-refractivity contribution in [2.24, 2.45) is 0 Å². The van der Waals surface area contributed by atoms with Crippen molar-refractivity contribution in [3.8, 4) is 0 Å². The summed E-state index contributed by atoms with van der Waals surface area (Å²) in [7, 11) is 3.40. The minimum Gasteiger partial charge on any atom is -0.355 e. The maximum atomic E-state index is 12.8. The predicted molar refractivity (Wildman–Crippen MR) is 129 cm³/mol. The number of amides is 2. The van der Waals surface area contributed by atoms with E-state index in [1.54, 1.807) is 30.3 Å². The van der Waals surface area contributed by atoms with Crippen LogP contribution in [0.2, 0.25) is 0 Å². The quantitative estimate of drug-likeness (QED) is 0.731. The van der Waals surface area contributed by atoms with Gasteiger partial charge in [-0.25, -0.2) is 9.97 Å². The summed E-state index contributed by atoms with van der Waals surface area (Å²) in [6.07, 6.45) is 11.4. The van der Waals surface area contributed by atoms with E-state index in [1.807, 2.05) is 7.05 Å². The zero-order valence-corrected chi connectivity index (χ0v) is 19.7. The Bertz CT molecular complexity index is 989. The predicted octanol–water partition coefficient (Wildman–Crippen LogP) is 3.65. The van der Waals surface area contributed by atoms with Crippen LogP contribution < -0.4 is 20.4 Å². The molecule has 1 saturated carbocycles. The van der Waals surface area contributed by atoms with E-state index in [1.165, 1.54) is 19.0 Å². The molecular formula is C24H33N7O2. The summed E-state index contributed by atoms with van der Waals surface area (Å²) < 4.78 is 0. The fraction of sp³-hybridized carbons (Fsp3) is 0.542. The number of aromatic nitrogens is 3. The molecule has 2 aromatic rings. The van der Waals surface area contributed by atoms with Gasteiger partial charge in [0.2, 0.25) is 11.9 Å². The topological polar surface area (TPSA) is 103 Å². The van der Waals surface area contributed by atoms with Gasteiger partial charge in [-0.2, -0.15) is 4.98 Å². The molecular weight excluding hydrogens is 418 g/mol. The molecule has 2 aliphatic rings. The minimum atomic E-state index is -0.188. The van der Waals surface area contributed by atoms with Crippen molar-refractivity contribution >= 4 is 35.1 Å². The highest BCUT2D eigenvalue weighted by Gasteiger charge is 2.32. The van der Waals surface area contributed by atoms with Gasteiger partial charge in [0, 0.05) is 38.8 Å². The highest BCUT2D eigenvalue weighted by molar-refractivity contribution is 5.96. The van der Waals surface area contributed by atoms with Gasteiger partial charge in [0.25, 0.3) is 5.91 Å². The van der Waals surface area contributed by atoms with E-state index in [2.05, 4.69) is 32.4 Å². The van der Waals surface area contributed by atoms with Crippen LogP contribution in [0.5, 0.6) is 0 Å². The Morgan fingerprint density at radius 2 is 1.82 bits per heavy atom. The van der Waals surface area contributed by atoms with E-state index in [0.29, 0.717) is 35.8 Å². The van der Waals surface area contributed by atoms with Gasteiger partial charge in [0.05, 0.1) is 11.8 Å². The van der Waals surface area contributed by atoms with E-state index in [0.717, 1.165) is 43.6 Å². The first-order valence-electron chi connectivity index (χ1n) is 11.8. The summed E-state index contributed by atoms with van der Waals surface area (Å²) >= 11 is 0. The number of nitrogens with one attached hydrogen (secondary N) is 2. The van der Waals surface area contributed by atoms with Gasteiger partial charge in [-0.05, 0) is 44.7 Å². The fourth-order valence-electron chi connectivity index (χ4n) is 4.80. The average molecular weight is 452 g/mol. The van der Waals surface area contributed by atoms with Crippen LogP contribution in [0.25, 0.3) is 0 Å². The Morgan fingerprint density at radius 3 is 2.52 bits per heavy atom. The van der Waals surface area contributed by atoms with Gasteiger partial charge in [0.15, 0.2) is 5.82 Å². The molecule has 1 aliphatic heterocycles. The molecule has 0 radical (unpaired) electrons. The van der Waals surface area contributed by atoms with Crippen LogP contribution in [-0.4, -0.2) is 52.9 Å². The SMILES string of the molecule is CNC(=O)c1ccc(Nc2ncc3c(n2)N(C2CCCC2)[C@@H](C)CCCCC(=O)N3C)nc1. The average Bonchev–Trinajstić information content (AvgIpc) is 3.35. The lowest BCUT2D eigenvalue weighted by Crippen LogP contribution is -2.43. The zero-order chi connectivity index (χ0) is 23.4. The third-order valence-electron chi connectivity index (χ3n) is 6.68. The van der Waals surface area contributed by atoms with Crippen molar-refractivity contribution in [1.29, 1.82) is 0 Å². The second kappa shape index (κ2) is 10.1. The molecule has 0 aromatic carbocycles. The number of rotatable bonds is 4. The lowest BCUT2D eigenvalue weighted by molar-refractivity contribution is -0.118. The summed E-state index contributed by atoms with van der Waals surface area (Å²) in [5, 5.41) is 5.75. The third kappa shape index (κ3) is 5.07. The van der Waals surface area contributed by atoms with Crippen LogP contribution in [0.3, 0.4) is 0 Å². The first-order valence-corrected chi connectivity index (χ1v) is 11.8. The first kappa shape index (κ1) is 22.9. The van der Waals surface area contributed by atoms with Crippen molar-refractivity contribution in [3.63, 3.8) is 0 Å². The number of pyridine rings is 1. The molecule has 9 heteroatoms. The Labute approximate surface area is 195 Å². The number of hydrogen-bond donors (Lipinski definition) is 2. The third-order valence-corrected chi connectivity index (χ3v) is 6.68. The maximum absolute atomic E-state index is 12.8. The Hall–Kier alpha value is -3.23. The fourth-order valence-corrected chi connectivity index (χ4v) is 4.80. The van der Waals surface area contributed by atoms with Crippen molar-refractivity contribution < 1.29 is 9.59 Å². The maximum Gasteiger partial charge on any atom is 0.252 e. The number of hydrogen-bond acceptors (Lipinski definition) is 7. The van der Waals surface area contributed by atoms with Gasteiger partial charge in [-0.15, -0.1) is 0 Å². The van der Waals surface area contributed by atoms with Gasteiger partial charge in [0.1, 0.15) is 11.5 Å². The second-order valence-electron chi connectivity index (χ2n) is 8.93. The molecule has 1 fully saturated rings. The summed E-state index contributed by atoms with van der Waals surface area (Å²) in [5.74, 6) is 1.67. The summed E-state index contributed by atoms with van der Waals surface area (Å²) in [6, 6.07) is 4.16. The Balaban J connectivity index is 1.70. The van der Waals surface area contributed by atoms with Crippen molar-refractivity contribution in [2.75, 3.05) is 29.2 Å². The molecule has 4 rings (SSSR count). The van der Waals surface area contributed by atoms with E-state index in [4.69, 9.17) is 4.98 Å². The highest BCUT2D eigenvalue weighted by atomic mass is 16.2. The molecule has 0 bridgehead atoms. The van der Waals surface area contributed by atoms with Gasteiger partial charge >= 0.3 is 0 Å². The summed E-state index contributed by atoms with van der Waals surface area (Å²) in [4.78, 5) is 42.4. The number of carbonyl (C=O) groups excluding carboxylic acids is 2. The highest BCUT2D eigenvalue weighted by Crippen LogP contribution is 2.37. The molecule has 2 amide bonds. The van der Waals surface area contributed by atoms with Crippen molar-refractivity contribution in [1.82, 2.24) is 20.3 Å². The van der Waals surface area contributed by atoms with Gasteiger partial charge < -0.3 is 20.4 Å². The van der Waals surface area contributed by atoms with E-state index in [9.17, 15) is 9.59 Å². The second-order valence-corrected chi connectivity index (χ2v) is 8.93. The molecule has 1 aliphatic carbocycles. The first-order chi connectivity index (χ1) is 16.0. The van der Waals surface area contributed by atoms with Crippen LogP contribution in [-0.2, 0) is 4.79 Å². The molecule has 3 heterocycles. The van der Waals surface area contributed by atoms with Crippen molar-refractivity contribution in [3.05, 3.63) is 30.1 Å². The molecule has 2 N–H and O–H groups in total. The molecule has 1 atom stereocenters. The molecule has 0 spiro atoms. The smallest absolute Gasteiger partial charge is 0.252 e. The normalized spacial score (nSPS) is 19.8. The molecule has 33 heavy (non-hydrogen) atoms. The molecule has 0 unspecified atom stereocenters. The Kier molecular flexibility index (Phi) is 7.05. The van der Waals surface area contributed by atoms with Gasteiger partial charge in [-0.1, -0.05) is 19.3 Å². The number of anilines is 4. The molecule has 0 saturated heterocycles.